The van der Waals surface area contributed by atoms with Gasteiger partial charge in [0.15, 0.2) is 0 Å². The van der Waals surface area contributed by atoms with Crippen LogP contribution in [0, 0.1) is 19.7 Å². The molecule has 1 aliphatic heterocycles. The van der Waals surface area contributed by atoms with Crippen LogP contribution in [-0.4, -0.2) is 59.1 Å². The molecule has 1 fully saturated rings. The highest BCUT2D eigenvalue weighted by Crippen LogP contribution is 2.40. The molecule has 11 heteroatoms. The number of carbonyl (C=O) groups is 2. The van der Waals surface area contributed by atoms with Gasteiger partial charge in [-0.2, -0.15) is 0 Å². The molecule has 42 heavy (non-hydrogen) atoms. The molecule has 1 aliphatic rings. The maximum atomic E-state index is 14.0. The molecule has 1 heterocycles. The summed E-state index contributed by atoms with van der Waals surface area (Å²) in [6.45, 7) is 7.46. The normalized spacial score (nSPS) is 18.0. The molecule has 2 amide bonds. The van der Waals surface area contributed by atoms with Crippen molar-refractivity contribution >= 4 is 33.6 Å². The Morgan fingerprint density at radius 3 is 2.40 bits per heavy atom. The third-order valence-corrected chi connectivity index (χ3v) is 10.5. The molecular formula is C31H36FN3O5S2. The molecule has 0 aromatic heterocycles. The number of aliphatic hydroxyl groups is 1. The Labute approximate surface area is 250 Å². The molecule has 224 valence electrons. The number of aliphatic hydroxyl groups excluding tert-OH is 1. The van der Waals surface area contributed by atoms with E-state index in [0.29, 0.717) is 11.1 Å². The number of halogens is 1. The highest BCUT2D eigenvalue weighted by atomic mass is 32.2. The van der Waals surface area contributed by atoms with Crippen LogP contribution >= 0.6 is 11.8 Å². The summed E-state index contributed by atoms with van der Waals surface area (Å²) >= 11 is 1.40. The van der Waals surface area contributed by atoms with E-state index >= 15 is 0 Å². The van der Waals surface area contributed by atoms with Gasteiger partial charge in [-0.05, 0) is 68.5 Å². The summed E-state index contributed by atoms with van der Waals surface area (Å²) in [6.07, 6.45) is -1.84. The minimum atomic E-state index is -4.34. The topological polar surface area (TPSA) is 116 Å². The van der Waals surface area contributed by atoms with Crippen LogP contribution in [-0.2, 0) is 32.6 Å². The Balaban J connectivity index is 1.60. The van der Waals surface area contributed by atoms with E-state index < -0.39 is 44.7 Å². The van der Waals surface area contributed by atoms with Crippen molar-refractivity contribution in [2.24, 2.45) is 0 Å². The molecule has 0 spiro atoms. The summed E-state index contributed by atoms with van der Waals surface area (Å²) in [5, 5.41) is 14.3. The fourth-order valence-electron chi connectivity index (χ4n) is 5.05. The molecule has 0 bridgehead atoms. The second-order valence-electron chi connectivity index (χ2n) is 11.0. The zero-order chi connectivity index (χ0) is 30.7. The van der Waals surface area contributed by atoms with Crippen LogP contribution in [0.3, 0.4) is 0 Å². The maximum absolute atomic E-state index is 14.0. The summed E-state index contributed by atoms with van der Waals surface area (Å²) in [4.78, 5) is 28.3. The van der Waals surface area contributed by atoms with Crippen LogP contribution in [0.5, 0.6) is 0 Å². The molecule has 1 saturated heterocycles. The van der Waals surface area contributed by atoms with Crippen molar-refractivity contribution in [3.63, 3.8) is 0 Å². The van der Waals surface area contributed by atoms with Crippen LogP contribution in [0.1, 0.15) is 36.1 Å². The van der Waals surface area contributed by atoms with Gasteiger partial charge in [-0.1, -0.05) is 60.7 Å². The van der Waals surface area contributed by atoms with E-state index in [-0.39, 0.29) is 29.6 Å². The predicted octanol–water partition coefficient (Wildman–Crippen LogP) is 3.69. The minimum absolute atomic E-state index is 0.0180. The molecule has 3 aromatic carbocycles. The Morgan fingerprint density at radius 2 is 1.71 bits per heavy atom. The van der Waals surface area contributed by atoms with Gasteiger partial charge >= 0.3 is 0 Å². The maximum Gasteiger partial charge on any atom is 0.254 e. The Kier molecular flexibility index (Phi) is 9.77. The lowest BCUT2D eigenvalue weighted by molar-refractivity contribution is -0.147. The summed E-state index contributed by atoms with van der Waals surface area (Å²) in [5.41, 5.74) is 2.95. The SMILES string of the molecule is Cc1ccccc1CNC(=O)C1N(C(=O)C(O)C(Cc2ccccc2)NS(=O)(=O)c2cc(F)ccc2C)CSC1(C)C. The van der Waals surface area contributed by atoms with Crippen molar-refractivity contribution in [3.8, 4) is 0 Å². The molecule has 0 aliphatic carbocycles. The number of nitrogens with one attached hydrogen (secondary N) is 2. The number of nitrogens with zero attached hydrogens (tertiary/aromatic N) is 1. The summed E-state index contributed by atoms with van der Waals surface area (Å²) in [6, 6.07) is 17.7. The first-order valence-corrected chi connectivity index (χ1v) is 16.0. The Hall–Kier alpha value is -3.25. The Bertz CT molecular complexity index is 1550. The zero-order valence-electron chi connectivity index (χ0n) is 24.0. The molecule has 3 unspecified atom stereocenters. The van der Waals surface area contributed by atoms with Crippen molar-refractivity contribution in [3.05, 3.63) is 101 Å². The highest BCUT2D eigenvalue weighted by molar-refractivity contribution is 8.00. The smallest absolute Gasteiger partial charge is 0.254 e. The second kappa shape index (κ2) is 12.9. The van der Waals surface area contributed by atoms with E-state index in [2.05, 4.69) is 10.0 Å². The number of carbonyl (C=O) groups excluding carboxylic acids is 2. The van der Waals surface area contributed by atoms with Crippen LogP contribution in [0.4, 0.5) is 4.39 Å². The standard InChI is InChI=1S/C31H36FN3O5S2/c1-20-10-8-9-13-23(20)18-33-29(37)28-31(3,4)41-19-35(28)30(38)27(36)25(16-22-11-6-5-7-12-22)34-42(39,40)26-17-24(32)15-14-21(26)2/h5-15,17,25,27-28,34,36H,16,18-19H2,1-4H3,(H,33,37). The number of benzene rings is 3. The summed E-state index contributed by atoms with van der Waals surface area (Å²) in [7, 11) is -4.34. The van der Waals surface area contributed by atoms with E-state index in [1.807, 2.05) is 45.0 Å². The molecular weight excluding hydrogens is 577 g/mol. The fraction of sp³-hybridized carbons (Fsp3) is 0.355. The average Bonchev–Trinajstić information content (AvgIpc) is 3.27. The van der Waals surface area contributed by atoms with Gasteiger partial charge in [-0.3, -0.25) is 9.59 Å². The quantitative estimate of drug-likeness (QED) is 0.321. The third-order valence-electron chi connectivity index (χ3n) is 7.47. The zero-order valence-corrected chi connectivity index (χ0v) is 25.6. The van der Waals surface area contributed by atoms with E-state index in [4.69, 9.17) is 0 Å². The van der Waals surface area contributed by atoms with E-state index in [9.17, 15) is 27.5 Å². The minimum Gasteiger partial charge on any atom is -0.382 e. The predicted molar refractivity (Wildman–Crippen MR) is 162 cm³/mol. The van der Waals surface area contributed by atoms with E-state index in [1.165, 1.54) is 29.7 Å². The van der Waals surface area contributed by atoms with Gasteiger partial charge in [0.2, 0.25) is 15.9 Å². The highest BCUT2D eigenvalue weighted by Gasteiger charge is 2.50. The van der Waals surface area contributed by atoms with Gasteiger partial charge in [0, 0.05) is 11.3 Å². The van der Waals surface area contributed by atoms with E-state index in [0.717, 1.165) is 23.3 Å². The number of rotatable bonds is 10. The monoisotopic (exact) mass is 613 g/mol. The molecule has 3 aromatic rings. The van der Waals surface area contributed by atoms with Crippen molar-refractivity contribution in [1.82, 2.24) is 14.9 Å². The van der Waals surface area contributed by atoms with Crippen LogP contribution in [0.25, 0.3) is 0 Å². The van der Waals surface area contributed by atoms with Crippen molar-refractivity contribution in [2.45, 2.75) is 68.5 Å². The third kappa shape index (κ3) is 7.20. The van der Waals surface area contributed by atoms with Crippen LogP contribution in [0.2, 0.25) is 0 Å². The lowest BCUT2D eigenvalue weighted by Crippen LogP contribution is -2.58. The van der Waals surface area contributed by atoms with E-state index in [1.54, 1.807) is 30.3 Å². The molecule has 4 rings (SSSR count). The van der Waals surface area contributed by atoms with Gasteiger partial charge in [0.05, 0.1) is 16.8 Å². The van der Waals surface area contributed by atoms with Gasteiger partial charge in [-0.25, -0.2) is 17.5 Å². The van der Waals surface area contributed by atoms with Crippen molar-refractivity contribution in [1.29, 1.82) is 0 Å². The van der Waals surface area contributed by atoms with Gasteiger partial charge < -0.3 is 15.3 Å². The number of thioether (sulfide) groups is 1. The first-order valence-electron chi connectivity index (χ1n) is 13.6. The lowest BCUT2D eigenvalue weighted by atomic mass is 9.97. The molecule has 0 radical (unpaired) electrons. The fourth-order valence-corrected chi connectivity index (χ4v) is 7.69. The average molecular weight is 614 g/mol. The summed E-state index contributed by atoms with van der Waals surface area (Å²) in [5.74, 6) is -1.74. The number of amides is 2. The van der Waals surface area contributed by atoms with Crippen LogP contribution in [0.15, 0.2) is 77.7 Å². The van der Waals surface area contributed by atoms with Crippen molar-refractivity contribution in [2.75, 3.05) is 5.88 Å². The van der Waals surface area contributed by atoms with Crippen molar-refractivity contribution < 1.29 is 27.5 Å². The lowest BCUT2D eigenvalue weighted by Gasteiger charge is -2.33. The number of aryl methyl sites for hydroxylation is 2. The molecule has 0 saturated carbocycles. The van der Waals surface area contributed by atoms with Gasteiger partial charge in [0.25, 0.3) is 5.91 Å². The molecule has 8 nitrogen and oxygen atoms in total. The molecule has 3 atom stereocenters. The first-order chi connectivity index (χ1) is 19.8. The van der Waals surface area contributed by atoms with Crippen LogP contribution < -0.4 is 10.0 Å². The van der Waals surface area contributed by atoms with Gasteiger partial charge in [-0.15, -0.1) is 11.8 Å². The first kappa shape index (κ1) is 31.7. The number of hydrogen-bond donors (Lipinski definition) is 3. The summed E-state index contributed by atoms with van der Waals surface area (Å²) < 4.78 is 42.6. The molecule has 3 N–H and O–H groups in total. The second-order valence-corrected chi connectivity index (χ2v) is 14.3. The van der Waals surface area contributed by atoms with Gasteiger partial charge in [0.1, 0.15) is 18.0 Å². The number of sulfonamides is 1. The Morgan fingerprint density at radius 1 is 1.05 bits per heavy atom. The largest absolute Gasteiger partial charge is 0.382 e. The number of hydrogen-bond acceptors (Lipinski definition) is 6.